The number of benzene rings is 1. The third-order valence-electron chi connectivity index (χ3n) is 4.57. The molecule has 2 aromatic rings. The van der Waals surface area contributed by atoms with Crippen molar-refractivity contribution in [2.24, 2.45) is 0 Å². The number of hydrogen-bond donors (Lipinski definition) is 1. The van der Waals surface area contributed by atoms with Crippen LogP contribution in [0.4, 0.5) is 5.95 Å². The van der Waals surface area contributed by atoms with E-state index in [2.05, 4.69) is 27.1 Å². The maximum atomic E-state index is 12.7. The van der Waals surface area contributed by atoms with Crippen molar-refractivity contribution < 1.29 is 4.79 Å². The van der Waals surface area contributed by atoms with Gasteiger partial charge in [0.05, 0.1) is 0 Å². The summed E-state index contributed by atoms with van der Waals surface area (Å²) in [6.45, 7) is 7.16. The normalized spacial score (nSPS) is 15.1. The summed E-state index contributed by atoms with van der Waals surface area (Å²) < 4.78 is 0. The van der Waals surface area contributed by atoms with Gasteiger partial charge in [-0.15, -0.1) is 0 Å². The highest BCUT2D eigenvalue weighted by Gasteiger charge is 2.22. The minimum Gasteiger partial charge on any atom is -0.354 e. The Morgan fingerprint density at radius 1 is 1.23 bits per heavy atom. The number of piperazine rings is 1. The highest BCUT2D eigenvalue weighted by atomic mass is 35.5. The highest BCUT2D eigenvalue weighted by Crippen LogP contribution is 2.12. The van der Waals surface area contributed by atoms with Crippen LogP contribution in [0.1, 0.15) is 23.0 Å². The third kappa shape index (κ3) is 4.93. The second-order valence-electron chi connectivity index (χ2n) is 6.30. The van der Waals surface area contributed by atoms with Crippen LogP contribution in [0.25, 0.3) is 0 Å². The summed E-state index contributed by atoms with van der Waals surface area (Å²) >= 11 is 6.00. The molecule has 1 fully saturated rings. The van der Waals surface area contributed by atoms with E-state index in [1.807, 2.05) is 29.2 Å². The molecule has 0 unspecified atom stereocenters. The van der Waals surface area contributed by atoms with Gasteiger partial charge in [-0.1, -0.05) is 30.7 Å². The van der Waals surface area contributed by atoms with Crippen LogP contribution in [0.5, 0.6) is 0 Å². The van der Waals surface area contributed by atoms with Crippen LogP contribution in [0.15, 0.2) is 36.5 Å². The summed E-state index contributed by atoms with van der Waals surface area (Å²) in [6, 6.07) is 9.45. The average molecular weight is 374 g/mol. The van der Waals surface area contributed by atoms with E-state index in [1.54, 1.807) is 12.3 Å². The van der Waals surface area contributed by atoms with E-state index >= 15 is 0 Å². The molecule has 7 heteroatoms. The van der Waals surface area contributed by atoms with E-state index in [9.17, 15) is 4.79 Å². The lowest BCUT2D eigenvalue weighted by Gasteiger charge is -2.33. The average Bonchev–Trinajstić information content (AvgIpc) is 2.68. The number of aromatic nitrogens is 2. The Kier molecular flexibility index (Phi) is 6.41. The fraction of sp³-hybridized carbons (Fsp3) is 0.421. The molecule has 26 heavy (non-hydrogen) atoms. The molecule has 0 atom stereocenters. The van der Waals surface area contributed by atoms with Gasteiger partial charge < -0.3 is 15.1 Å². The van der Waals surface area contributed by atoms with Crippen LogP contribution >= 0.6 is 11.6 Å². The van der Waals surface area contributed by atoms with Crippen LogP contribution in [0.2, 0.25) is 5.02 Å². The highest BCUT2D eigenvalue weighted by molar-refractivity contribution is 6.30. The number of nitrogens with zero attached hydrogens (tertiary/aromatic N) is 4. The molecule has 0 spiro atoms. The number of anilines is 1. The molecule has 1 amide bonds. The van der Waals surface area contributed by atoms with Crippen molar-refractivity contribution in [1.82, 2.24) is 19.8 Å². The number of carbonyl (C=O) groups excluding carboxylic acids is 1. The van der Waals surface area contributed by atoms with Crippen LogP contribution in [-0.2, 0) is 6.42 Å². The van der Waals surface area contributed by atoms with Crippen molar-refractivity contribution in [2.45, 2.75) is 13.3 Å². The molecule has 6 nitrogen and oxygen atoms in total. The molecule has 1 aromatic carbocycles. The van der Waals surface area contributed by atoms with Gasteiger partial charge in [0.2, 0.25) is 5.95 Å². The molecule has 1 aliphatic heterocycles. The lowest BCUT2D eigenvalue weighted by atomic mass is 10.1. The van der Waals surface area contributed by atoms with E-state index in [4.69, 9.17) is 11.6 Å². The second kappa shape index (κ2) is 8.96. The Morgan fingerprint density at radius 2 is 2.04 bits per heavy atom. The van der Waals surface area contributed by atoms with Gasteiger partial charge in [-0.2, -0.15) is 0 Å². The van der Waals surface area contributed by atoms with Crippen LogP contribution in [0, 0.1) is 0 Å². The standard InChI is InChI=1S/C19H24ClN5O/c1-2-24-10-12-25(13-11-24)18(26)17-7-9-22-19(23-17)21-8-6-15-4-3-5-16(20)14-15/h3-5,7,9,14H,2,6,8,10-13H2,1H3,(H,21,22,23). The van der Waals surface area contributed by atoms with E-state index in [1.165, 1.54) is 0 Å². The first-order valence-corrected chi connectivity index (χ1v) is 9.36. The Bertz CT molecular complexity index is 746. The van der Waals surface area contributed by atoms with Gasteiger partial charge in [0.25, 0.3) is 5.91 Å². The van der Waals surface area contributed by atoms with Crippen molar-refractivity contribution in [3.05, 3.63) is 52.8 Å². The van der Waals surface area contributed by atoms with Crippen molar-refractivity contribution >= 4 is 23.5 Å². The number of carbonyl (C=O) groups is 1. The molecule has 0 bridgehead atoms. The number of rotatable bonds is 6. The van der Waals surface area contributed by atoms with Crippen LogP contribution in [0.3, 0.4) is 0 Å². The lowest BCUT2D eigenvalue weighted by Crippen LogP contribution is -2.48. The first-order valence-electron chi connectivity index (χ1n) is 8.98. The monoisotopic (exact) mass is 373 g/mol. The Morgan fingerprint density at radius 3 is 2.77 bits per heavy atom. The first kappa shape index (κ1) is 18.6. The van der Waals surface area contributed by atoms with E-state index in [0.29, 0.717) is 18.2 Å². The second-order valence-corrected chi connectivity index (χ2v) is 6.74. The van der Waals surface area contributed by atoms with Gasteiger partial charge in [0.1, 0.15) is 5.69 Å². The first-order chi connectivity index (χ1) is 12.7. The minimum absolute atomic E-state index is 0.0268. The lowest BCUT2D eigenvalue weighted by molar-refractivity contribution is 0.0637. The summed E-state index contributed by atoms with van der Waals surface area (Å²) in [5.74, 6) is 0.450. The Labute approximate surface area is 159 Å². The van der Waals surface area contributed by atoms with Gasteiger partial charge in [-0.25, -0.2) is 9.97 Å². The number of nitrogens with one attached hydrogen (secondary N) is 1. The number of hydrogen-bond acceptors (Lipinski definition) is 5. The SMILES string of the molecule is CCN1CCN(C(=O)c2ccnc(NCCc3cccc(Cl)c3)n2)CC1. The predicted molar refractivity (Wildman–Crippen MR) is 104 cm³/mol. The molecular formula is C19H24ClN5O. The maximum absolute atomic E-state index is 12.7. The molecule has 2 heterocycles. The van der Waals surface area contributed by atoms with Crippen LogP contribution in [-0.4, -0.2) is 64.9 Å². The van der Waals surface area contributed by atoms with E-state index in [-0.39, 0.29) is 5.91 Å². The molecular weight excluding hydrogens is 350 g/mol. The van der Waals surface area contributed by atoms with Gasteiger partial charge >= 0.3 is 0 Å². The molecule has 1 aromatic heterocycles. The summed E-state index contributed by atoms with van der Waals surface area (Å²) in [5.41, 5.74) is 1.58. The molecule has 0 saturated carbocycles. The number of amides is 1. The molecule has 138 valence electrons. The van der Waals surface area contributed by atoms with Gasteiger partial charge in [-0.3, -0.25) is 4.79 Å². The van der Waals surface area contributed by atoms with Crippen molar-refractivity contribution in [1.29, 1.82) is 0 Å². The van der Waals surface area contributed by atoms with Crippen molar-refractivity contribution in [2.75, 3.05) is 44.6 Å². The van der Waals surface area contributed by atoms with Crippen molar-refractivity contribution in [3.8, 4) is 0 Å². The van der Waals surface area contributed by atoms with Crippen LogP contribution < -0.4 is 5.32 Å². The molecule has 0 radical (unpaired) electrons. The number of likely N-dealkylation sites (N-methyl/N-ethyl adjacent to an activating group) is 1. The Balaban J connectivity index is 1.55. The smallest absolute Gasteiger partial charge is 0.272 e. The molecule has 1 aliphatic rings. The molecule has 0 aliphatic carbocycles. The molecule has 1 saturated heterocycles. The molecule has 1 N–H and O–H groups in total. The zero-order chi connectivity index (χ0) is 18.4. The van der Waals surface area contributed by atoms with Gasteiger partial charge in [-0.05, 0) is 36.7 Å². The summed E-state index contributed by atoms with van der Waals surface area (Å²) in [4.78, 5) is 25.5. The van der Waals surface area contributed by atoms with Crippen molar-refractivity contribution in [3.63, 3.8) is 0 Å². The fourth-order valence-corrected chi connectivity index (χ4v) is 3.22. The van der Waals surface area contributed by atoms with Gasteiger partial charge in [0, 0.05) is 43.9 Å². The summed E-state index contributed by atoms with van der Waals surface area (Å²) in [5, 5.41) is 3.91. The summed E-state index contributed by atoms with van der Waals surface area (Å²) in [6.07, 6.45) is 2.44. The van der Waals surface area contributed by atoms with E-state index < -0.39 is 0 Å². The number of halogens is 1. The molecule has 3 rings (SSSR count). The zero-order valence-electron chi connectivity index (χ0n) is 15.0. The zero-order valence-corrected chi connectivity index (χ0v) is 15.7. The fourth-order valence-electron chi connectivity index (χ4n) is 3.00. The minimum atomic E-state index is -0.0268. The van der Waals surface area contributed by atoms with Gasteiger partial charge in [0.15, 0.2) is 0 Å². The van der Waals surface area contributed by atoms with E-state index in [0.717, 1.165) is 49.7 Å². The quantitative estimate of drug-likeness (QED) is 0.843. The largest absolute Gasteiger partial charge is 0.354 e. The Hall–Kier alpha value is -2.18. The predicted octanol–water partition coefficient (Wildman–Crippen LogP) is 2.56. The topological polar surface area (TPSA) is 61.4 Å². The third-order valence-corrected chi connectivity index (χ3v) is 4.80. The summed E-state index contributed by atoms with van der Waals surface area (Å²) in [7, 11) is 0. The maximum Gasteiger partial charge on any atom is 0.272 e.